The van der Waals surface area contributed by atoms with E-state index in [0.29, 0.717) is 17.4 Å². The first-order chi connectivity index (χ1) is 8.41. The van der Waals surface area contributed by atoms with Gasteiger partial charge in [-0.1, -0.05) is 27.7 Å². The normalized spacial score (nSPS) is 26.7. The molecule has 1 saturated carbocycles. The largest absolute Gasteiger partial charge is 0.348 e. The zero-order chi connectivity index (χ0) is 13.2. The molecule has 1 spiro atoms. The lowest BCUT2D eigenvalue weighted by Gasteiger charge is -2.37. The van der Waals surface area contributed by atoms with Crippen LogP contribution in [0.25, 0.3) is 0 Å². The van der Waals surface area contributed by atoms with Gasteiger partial charge in [0.05, 0.1) is 13.2 Å². The Balaban J connectivity index is 1.71. The predicted octanol–water partition coefficient (Wildman–Crippen LogP) is 2.94. The molecule has 1 saturated heterocycles. The Morgan fingerprint density at radius 1 is 1.17 bits per heavy atom. The summed E-state index contributed by atoms with van der Waals surface area (Å²) >= 11 is 0. The van der Waals surface area contributed by atoms with Gasteiger partial charge < -0.3 is 14.8 Å². The third-order valence-electron chi connectivity index (χ3n) is 4.75. The third-order valence-corrected chi connectivity index (χ3v) is 4.75. The van der Waals surface area contributed by atoms with Gasteiger partial charge >= 0.3 is 0 Å². The Bertz CT molecular complexity index is 256. The molecule has 2 fully saturated rings. The van der Waals surface area contributed by atoms with E-state index >= 15 is 0 Å². The molecule has 1 aliphatic carbocycles. The van der Waals surface area contributed by atoms with Gasteiger partial charge in [-0.25, -0.2) is 0 Å². The van der Waals surface area contributed by atoms with Crippen molar-refractivity contribution in [3.05, 3.63) is 0 Å². The Hall–Kier alpha value is -0.120. The first-order valence-corrected chi connectivity index (χ1v) is 7.43. The monoisotopic (exact) mass is 255 g/mol. The molecule has 0 amide bonds. The highest BCUT2D eigenvalue weighted by molar-refractivity contribution is 4.86. The van der Waals surface area contributed by atoms with Crippen LogP contribution in [0.5, 0.6) is 0 Å². The quantitative estimate of drug-likeness (QED) is 0.841. The van der Waals surface area contributed by atoms with Crippen LogP contribution in [0.3, 0.4) is 0 Å². The molecule has 1 atom stereocenters. The van der Waals surface area contributed by atoms with Crippen molar-refractivity contribution in [2.75, 3.05) is 19.8 Å². The summed E-state index contributed by atoms with van der Waals surface area (Å²) in [6.07, 6.45) is 4.46. The standard InChI is InChI=1S/C15H29NO2/c1-12(14(2,3)4)11-16-13-5-7-15(8-6-13)17-9-10-18-15/h12-13,16H,5-11H2,1-4H3. The molecule has 0 aromatic carbocycles. The van der Waals surface area contributed by atoms with Gasteiger partial charge in [-0.15, -0.1) is 0 Å². The number of hydrogen-bond donors (Lipinski definition) is 1. The zero-order valence-electron chi connectivity index (χ0n) is 12.4. The topological polar surface area (TPSA) is 30.5 Å². The first-order valence-electron chi connectivity index (χ1n) is 7.43. The summed E-state index contributed by atoms with van der Waals surface area (Å²) in [5.74, 6) is 0.487. The minimum atomic E-state index is -0.214. The first kappa shape index (κ1) is 14.3. The molecule has 2 aliphatic rings. The fourth-order valence-corrected chi connectivity index (χ4v) is 2.70. The molecule has 0 aromatic heterocycles. The molecule has 3 nitrogen and oxygen atoms in total. The Kier molecular flexibility index (Phi) is 4.35. The fourth-order valence-electron chi connectivity index (χ4n) is 2.70. The summed E-state index contributed by atoms with van der Waals surface area (Å²) in [5.41, 5.74) is 0.389. The lowest BCUT2D eigenvalue weighted by Crippen LogP contribution is -2.44. The highest BCUT2D eigenvalue weighted by Crippen LogP contribution is 2.36. The molecular weight excluding hydrogens is 226 g/mol. The lowest BCUT2D eigenvalue weighted by molar-refractivity contribution is -0.179. The summed E-state index contributed by atoms with van der Waals surface area (Å²) < 4.78 is 11.5. The van der Waals surface area contributed by atoms with Crippen molar-refractivity contribution in [1.82, 2.24) is 5.32 Å². The highest BCUT2D eigenvalue weighted by atomic mass is 16.7. The van der Waals surface area contributed by atoms with Gasteiger partial charge in [0.15, 0.2) is 5.79 Å². The number of hydrogen-bond acceptors (Lipinski definition) is 3. The molecule has 1 aliphatic heterocycles. The summed E-state index contributed by atoms with van der Waals surface area (Å²) in [4.78, 5) is 0. The van der Waals surface area contributed by atoms with Crippen LogP contribution in [0.1, 0.15) is 53.4 Å². The van der Waals surface area contributed by atoms with E-state index in [9.17, 15) is 0 Å². The Morgan fingerprint density at radius 2 is 1.72 bits per heavy atom. The molecule has 1 heterocycles. The van der Waals surface area contributed by atoms with Gasteiger partial charge in [0, 0.05) is 18.9 Å². The van der Waals surface area contributed by atoms with Crippen molar-refractivity contribution in [1.29, 1.82) is 0 Å². The van der Waals surface area contributed by atoms with E-state index in [1.165, 1.54) is 12.8 Å². The number of nitrogens with one attached hydrogen (secondary N) is 1. The smallest absolute Gasteiger partial charge is 0.168 e. The second-order valence-electron chi connectivity index (χ2n) is 7.06. The summed E-state index contributed by atoms with van der Waals surface area (Å²) in [6, 6.07) is 0.647. The molecule has 2 rings (SSSR count). The van der Waals surface area contributed by atoms with Crippen LogP contribution in [-0.2, 0) is 9.47 Å². The highest BCUT2D eigenvalue weighted by Gasteiger charge is 2.40. The average molecular weight is 255 g/mol. The second kappa shape index (κ2) is 5.48. The van der Waals surface area contributed by atoms with Crippen LogP contribution in [0.15, 0.2) is 0 Å². The molecule has 106 valence electrons. The SMILES string of the molecule is CC(CNC1CCC2(CC1)OCCO2)C(C)(C)C. The van der Waals surface area contributed by atoms with Crippen molar-refractivity contribution in [2.24, 2.45) is 11.3 Å². The van der Waals surface area contributed by atoms with Gasteiger partial charge in [0.2, 0.25) is 0 Å². The maximum Gasteiger partial charge on any atom is 0.168 e. The molecule has 1 N–H and O–H groups in total. The fraction of sp³-hybridized carbons (Fsp3) is 1.00. The van der Waals surface area contributed by atoms with Gasteiger partial charge in [-0.2, -0.15) is 0 Å². The van der Waals surface area contributed by atoms with Crippen molar-refractivity contribution in [2.45, 2.75) is 65.2 Å². The van der Waals surface area contributed by atoms with Gasteiger partial charge in [0.1, 0.15) is 0 Å². The van der Waals surface area contributed by atoms with Crippen LogP contribution < -0.4 is 5.32 Å². The maximum atomic E-state index is 5.76. The lowest BCUT2D eigenvalue weighted by atomic mass is 9.81. The third kappa shape index (κ3) is 3.46. The van der Waals surface area contributed by atoms with E-state index in [4.69, 9.17) is 9.47 Å². The Morgan fingerprint density at radius 3 is 2.22 bits per heavy atom. The van der Waals surface area contributed by atoms with Crippen LogP contribution in [0.2, 0.25) is 0 Å². The van der Waals surface area contributed by atoms with Crippen molar-refractivity contribution >= 4 is 0 Å². The van der Waals surface area contributed by atoms with Crippen LogP contribution in [0, 0.1) is 11.3 Å². The molecule has 1 unspecified atom stereocenters. The van der Waals surface area contributed by atoms with E-state index < -0.39 is 0 Å². The summed E-state index contributed by atoms with van der Waals surface area (Å²) in [7, 11) is 0. The van der Waals surface area contributed by atoms with Crippen LogP contribution in [0.4, 0.5) is 0 Å². The predicted molar refractivity (Wildman–Crippen MR) is 73.5 cm³/mol. The average Bonchev–Trinajstić information content (AvgIpc) is 2.75. The van der Waals surface area contributed by atoms with Crippen molar-refractivity contribution in [3.8, 4) is 0 Å². The molecule has 0 aromatic rings. The summed E-state index contributed by atoms with van der Waals surface area (Å²) in [5, 5.41) is 3.72. The molecule has 0 bridgehead atoms. The molecule has 3 heteroatoms. The second-order valence-corrected chi connectivity index (χ2v) is 7.06. The van der Waals surface area contributed by atoms with E-state index in [0.717, 1.165) is 32.6 Å². The van der Waals surface area contributed by atoms with Crippen molar-refractivity contribution < 1.29 is 9.47 Å². The Labute approximate surface area is 112 Å². The zero-order valence-corrected chi connectivity index (χ0v) is 12.4. The number of ether oxygens (including phenoxy) is 2. The molecule has 18 heavy (non-hydrogen) atoms. The van der Waals surface area contributed by atoms with Gasteiger partial charge in [-0.05, 0) is 30.7 Å². The minimum Gasteiger partial charge on any atom is -0.348 e. The van der Waals surface area contributed by atoms with Crippen LogP contribution in [-0.4, -0.2) is 31.6 Å². The van der Waals surface area contributed by atoms with Gasteiger partial charge in [-0.3, -0.25) is 0 Å². The maximum absolute atomic E-state index is 5.76. The van der Waals surface area contributed by atoms with Gasteiger partial charge in [0.25, 0.3) is 0 Å². The summed E-state index contributed by atoms with van der Waals surface area (Å²) in [6.45, 7) is 11.9. The number of rotatable bonds is 3. The van der Waals surface area contributed by atoms with Crippen LogP contribution >= 0.6 is 0 Å². The molecule has 0 radical (unpaired) electrons. The van der Waals surface area contributed by atoms with E-state index in [-0.39, 0.29) is 5.79 Å². The minimum absolute atomic E-state index is 0.214. The van der Waals surface area contributed by atoms with Crippen molar-refractivity contribution in [3.63, 3.8) is 0 Å². The molecular formula is C15H29NO2. The van der Waals surface area contributed by atoms with E-state index in [1.807, 2.05) is 0 Å². The van der Waals surface area contributed by atoms with E-state index in [2.05, 4.69) is 33.0 Å². The van der Waals surface area contributed by atoms with E-state index in [1.54, 1.807) is 0 Å².